The van der Waals surface area contributed by atoms with E-state index in [0.29, 0.717) is 12.5 Å². The van der Waals surface area contributed by atoms with Gasteiger partial charge in [0.05, 0.1) is 20.3 Å². The van der Waals surface area contributed by atoms with Crippen LogP contribution in [-0.2, 0) is 4.74 Å². The molecule has 160 valence electrons. The summed E-state index contributed by atoms with van der Waals surface area (Å²) in [4.78, 5) is 4.91. The number of methoxy groups -OCH3 is 2. The molecule has 31 heavy (non-hydrogen) atoms. The second-order valence-electron chi connectivity index (χ2n) is 7.81. The number of aliphatic imine (C=N–C) groups is 1. The molecule has 1 unspecified atom stereocenters. The highest BCUT2D eigenvalue weighted by Gasteiger charge is 2.27. The van der Waals surface area contributed by atoms with Crippen molar-refractivity contribution in [2.24, 2.45) is 10.9 Å². The van der Waals surface area contributed by atoms with Gasteiger partial charge in [-0.2, -0.15) is 0 Å². The molecule has 0 aromatic heterocycles. The van der Waals surface area contributed by atoms with E-state index in [9.17, 15) is 0 Å². The number of hydrogen-bond acceptors (Lipinski definition) is 4. The molecule has 0 spiro atoms. The van der Waals surface area contributed by atoms with Crippen LogP contribution in [0.5, 0.6) is 11.5 Å². The van der Waals surface area contributed by atoms with E-state index in [1.165, 1.54) is 15.9 Å². The normalized spacial score (nSPS) is 15.7. The first-order valence-corrected chi connectivity index (χ1v) is 11.8. The Morgan fingerprint density at radius 1 is 0.839 bits per heavy atom. The summed E-state index contributed by atoms with van der Waals surface area (Å²) >= 11 is 0. The molecule has 0 fully saturated rings. The second-order valence-corrected chi connectivity index (χ2v) is 9.99. The fraction of sp³-hybridized carbons (Fsp3) is 0.269. The van der Waals surface area contributed by atoms with Crippen LogP contribution in [0, 0.1) is 5.92 Å². The number of nitrogens with zero attached hydrogens (tertiary/aromatic N) is 1. The van der Waals surface area contributed by atoms with E-state index in [-0.39, 0.29) is 6.04 Å². The van der Waals surface area contributed by atoms with Crippen molar-refractivity contribution in [2.75, 3.05) is 20.8 Å². The first-order chi connectivity index (χ1) is 15.1. The highest BCUT2D eigenvalue weighted by atomic mass is 31.1. The van der Waals surface area contributed by atoms with E-state index in [1.54, 1.807) is 14.2 Å². The third-order valence-electron chi connectivity index (χ3n) is 5.48. The fourth-order valence-corrected chi connectivity index (χ4v) is 6.01. The molecule has 4 nitrogen and oxygen atoms in total. The summed E-state index contributed by atoms with van der Waals surface area (Å²) < 4.78 is 16.8. The zero-order chi connectivity index (χ0) is 21.8. The maximum absolute atomic E-state index is 6.07. The van der Waals surface area contributed by atoms with Gasteiger partial charge in [-0.15, -0.1) is 0 Å². The van der Waals surface area contributed by atoms with Gasteiger partial charge in [0.1, 0.15) is 18.1 Å². The minimum Gasteiger partial charge on any atom is -0.497 e. The predicted molar refractivity (Wildman–Crippen MR) is 129 cm³/mol. The zero-order valence-corrected chi connectivity index (χ0v) is 19.3. The van der Waals surface area contributed by atoms with Gasteiger partial charge < -0.3 is 14.2 Å². The molecule has 3 aromatic rings. The number of benzene rings is 3. The molecule has 0 bridgehead atoms. The SMILES string of the molecule is COc1ccc(P(c2ccc(OC)cc2)c2ccccc2C2=NC(C(C)C)CO2)cc1. The van der Waals surface area contributed by atoms with Gasteiger partial charge in [-0.25, -0.2) is 4.99 Å². The maximum Gasteiger partial charge on any atom is 0.217 e. The van der Waals surface area contributed by atoms with Gasteiger partial charge in [0.2, 0.25) is 5.90 Å². The molecule has 0 radical (unpaired) electrons. The minimum absolute atomic E-state index is 0.205. The molecule has 0 amide bonds. The predicted octanol–water partition coefficient (Wildman–Crippen LogP) is 4.26. The Kier molecular flexibility index (Phi) is 6.58. The summed E-state index contributed by atoms with van der Waals surface area (Å²) in [7, 11) is 2.56. The van der Waals surface area contributed by atoms with Crippen LogP contribution in [-0.4, -0.2) is 32.8 Å². The summed E-state index contributed by atoms with van der Waals surface area (Å²) in [6.07, 6.45) is 0. The Balaban J connectivity index is 1.83. The van der Waals surface area contributed by atoms with Crippen molar-refractivity contribution in [1.82, 2.24) is 0 Å². The van der Waals surface area contributed by atoms with Gasteiger partial charge in [-0.1, -0.05) is 56.3 Å². The van der Waals surface area contributed by atoms with Crippen molar-refractivity contribution in [2.45, 2.75) is 19.9 Å². The lowest BCUT2D eigenvalue weighted by atomic mass is 10.1. The van der Waals surface area contributed by atoms with Crippen LogP contribution in [0.25, 0.3) is 0 Å². The molecular formula is C26H28NO3P. The van der Waals surface area contributed by atoms with Gasteiger partial charge in [0, 0.05) is 5.56 Å². The van der Waals surface area contributed by atoms with Gasteiger partial charge >= 0.3 is 0 Å². The zero-order valence-electron chi connectivity index (χ0n) is 18.4. The minimum atomic E-state index is -0.819. The lowest BCUT2D eigenvalue weighted by Gasteiger charge is -2.22. The molecule has 0 saturated heterocycles. The summed E-state index contributed by atoms with van der Waals surface area (Å²) in [6, 6.07) is 25.4. The molecule has 0 saturated carbocycles. The standard InChI is InChI=1S/C26H28NO3P/c1-18(2)24-17-30-26(27-24)23-7-5-6-8-25(23)31(21-13-9-19(28-3)10-14-21)22-15-11-20(29-4)12-16-22/h5-16,18,24H,17H2,1-4H3. The lowest BCUT2D eigenvalue weighted by molar-refractivity contribution is 0.292. The molecule has 1 heterocycles. The third kappa shape index (κ3) is 4.60. The Morgan fingerprint density at radius 2 is 1.39 bits per heavy atom. The summed E-state index contributed by atoms with van der Waals surface area (Å²) in [6.45, 7) is 5.02. The average molecular weight is 433 g/mol. The van der Waals surface area contributed by atoms with Crippen LogP contribution < -0.4 is 25.4 Å². The van der Waals surface area contributed by atoms with Crippen LogP contribution in [0.1, 0.15) is 19.4 Å². The molecule has 0 N–H and O–H groups in total. The van der Waals surface area contributed by atoms with E-state index in [1.807, 2.05) is 24.3 Å². The number of rotatable bonds is 7. The maximum atomic E-state index is 6.07. The Bertz CT molecular complexity index is 998. The van der Waals surface area contributed by atoms with Crippen molar-refractivity contribution in [1.29, 1.82) is 0 Å². The largest absolute Gasteiger partial charge is 0.497 e. The van der Waals surface area contributed by atoms with Crippen LogP contribution in [0.4, 0.5) is 0 Å². The van der Waals surface area contributed by atoms with Gasteiger partial charge in [0.25, 0.3) is 0 Å². The van der Waals surface area contributed by atoms with Crippen LogP contribution in [0.15, 0.2) is 77.8 Å². The van der Waals surface area contributed by atoms with Crippen LogP contribution in [0.3, 0.4) is 0 Å². The van der Waals surface area contributed by atoms with Gasteiger partial charge in [0.15, 0.2) is 0 Å². The van der Waals surface area contributed by atoms with Crippen LogP contribution >= 0.6 is 7.92 Å². The van der Waals surface area contributed by atoms with E-state index < -0.39 is 7.92 Å². The first-order valence-electron chi connectivity index (χ1n) is 10.5. The summed E-state index contributed by atoms with van der Waals surface area (Å²) in [5, 5.41) is 3.72. The van der Waals surface area contributed by atoms with Gasteiger partial charge in [-0.05, 0) is 60.1 Å². The van der Waals surface area contributed by atoms with Crippen LogP contribution in [0.2, 0.25) is 0 Å². The summed E-state index contributed by atoms with van der Waals surface area (Å²) in [5.74, 6) is 2.91. The molecule has 3 aromatic carbocycles. The Hall–Kier alpha value is -2.84. The molecule has 5 heteroatoms. The average Bonchev–Trinajstić information content (AvgIpc) is 3.31. The number of hydrogen-bond donors (Lipinski definition) is 0. The Labute approximate surface area is 185 Å². The molecule has 1 aliphatic rings. The van der Waals surface area contributed by atoms with Crippen molar-refractivity contribution in [3.63, 3.8) is 0 Å². The number of ether oxygens (including phenoxy) is 3. The molecular weight excluding hydrogens is 405 g/mol. The lowest BCUT2D eigenvalue weighted by Crippen LogP contribution is -2.25. The third-order valence-corrected chi connectivity index (χ3v) is 7.98. The van der Waals surface area contributed by atoms with Gasteiger partial charge in [-0.3, -0.25) is 0 Å². The fourth-order valence-electron chi connectivity index (χ4n) is 3.62. The second kappa shape index (κ2) is 9.53. The van der Waals surface area contributed by atoms with E-state index >= 15 is 0 Å². The van der Waals surface area contributed by atoms with E-state index in [2.05, 4.69) is 62.4 Å². The monoisotopic (exact) mass is 433 g/mol. The topological polar surface area (TPSA) is 40.0 Å². The van der Waals surface area contributed by atoms with E-state index in [0.717, 1.165) is 23.0 Å². The highest BCUT2D eigenvalue weighted by Crippen LogP contribution is 2.36. The summed E-state index contributed by atoms with van der Waals surface area (Å²) in [5.41, 5.74) is 1.07. The molecule has 4 rings (SSSR count). The quantitative estimate of drug-likeness (QED) is 0.523. The molecule has 1 aliphatic heterocycles. The van der Waals surface area contributed by atoms with Crippen molar-refractivity contribution in [3.05, 3.63) is 78.4 Å². The van der Waals surface area contributed by atoms with Crippen molar-refractivity contribution >= 4 is 29.7 Å². The first kappa shape index (κ1) is 21.4. The van der Waals surface area contributed by atoms with Crippen molar-refractivity contribution in [3.8, 4) is 11.5 Å². The Morgan fingerprint density at radius 3 is 1.87 bits per heavy atom. The molecule has 1 atom stereocenters. The smallest absolute Gasteiger partial charge is 0.217 e. The van der Waals surface area contributed by atoms with Crippen molar-refractivity contribution < 1.29 is 14.2 Å². The molecule has 0 aliphatic carbocycles. The van der Waals surface area contributed by atoms with E-state index in [4.69, 9.17) is 19.2 Å². The highest BCUT2D eigenvalue weighted by molar-refractivity contribution is 7.80.